The minimum absolute atomic E-state index is 0.289. The van der Waals surface area contributed by atoms with Gasteiger partial charge in [-0.2, -0.15) is 0 Å². The highest BCUT2D eigenvalue weighted by Gasteiger charge is 1.98. The molecule has 8 heavy (non-hydrogen) atoms. The Labute approximate surface area is 50.4 Å². The molecule has 0 heterocycles. The predicted octanol–water partition coefficient (Wildman–Crippen LogP) is 0.671. The Hall–Kier alpha value is -0.120. The molecule has 3 nitrogen and oxygen atoms in total. The van der Waals surface area contributed by atoms with E-state index in [9.17, 15) is 5.21 Å². The summed E-state index contributed by atoms with van der Waals surface area (Å²) in [4.78, 5) is 0. The van der Waals surface area contributed by atoms with Gasteiger partial charge < -0.3 is 10.4 Å². The van der Waals surface area contributed by atoms with Gasteiger partial charge in [0.05, 0.1) is 0 Å². The van der Waals surface area contributed by atoms with E-state index in [0.717, 1.165) is 5.17 Å². The van der Waals surface area contributed by atoms with Gasteiger partial charge in [-0.3, -0.25) is 5.01 Å². The predicted molar refractivity (Wildman–Crippen MR) is 34.0 cm³/mol. The average molecular weight is 117 g/mol. The van der Waals surface area contributed by atoms with Crippen LogP contribution >= 0.6 is 0 Å². The maximum Gasteiger partial charge on any atom is 0.0176 e. The van der Waals surface area contributed by atoms with Gasteiger partial charge >= 0.3 is 0 Å². The Morgan fingerprint density at radius 1 is 1.25 bits per heavy atom. The van der Waals surface area contributed by atoms with E-state index in [2.05, 4.69) is 0 Å². The first kappa shape index (κ1) is 7.88. The molecule has 0 aromatic rings. The van der Waals surface area contributed by atoms with E-state index in [-0.39, 0.29) is 6.04 Å². The molecule has 0 aromatic carbocycles. The summed E-state index contributed by atoms with van der Waals surface area (Å²) < 4.78 is 0. The standard InChI is InChI=1S/C5H13N2O/c1-5(2)6(3)7(4)8/h5H,1-4H3/q-1. The second kappa shape index (κ2) is 3.02. The molecular weight excluding hydrogens is 104 g/mol. The fraction of sp³-hybridized carbons (Fsp3) is 1.00. The molecular formula is C5H13N2O-. The lowest BCUT2D eigenvalue weighted by Gasteiger charge is -2.36. The SMILES string of the molecule is CC(C)N(C)N(C)[O-]. The van der Waals surface area contributed by atoms with Crippen molar-refractivity contribution in [2.45, 2.75) is 19.9 Å². The molecule has 0 rings (SSSR count). The van der Waals surface area contributed by atoms with Crippen LogP contribution in [0.1, 0.15) is 13.8 Å². The molecule has 50 valence electrons. The summed E-state index contributed by atoms with van der Waals surface area (Å²) in [6.07, 6.45) is 0. The van der Waals surface area contributed by atoms with Crippen LogP contribution in [-0.2, 0) is 0 Å². The second-order valence-corrected chi connectivity index (χ2v) is 2.13. The zero-order chi connectivity index (χ0) is 6.73. The Bertz CT molecular complexity index is 55.4. The second-order valence-electron chi connectivity index (χ2n) is 2.13. The van der Waals surface area contributed by atoms with E-state index in [0.29, 0.717) is 0 Å². The molecule has 0 atom stereocenters. The van der Waals surface area contributed by atoms with Gasteiger partial charge in [0.1, 0.15) is 0 Å². The fourth-order valence-electron chi connectivity index (χ4n) is 0.325. The molecule has 0 saturated carbocycles. The van der Waals surface area contributed by atoms with Crippen LogP contribution in [0.25, 0.3) is 0 Å². The molecule has 0 amide bonds. The number of hydrogen-bond acceptors (Lipinski definition) is 3. The van der Waals surface area contributed by atoms with Crippen LogP contribution in [0.5, 0.6) is 0 Å². The van der Waals surface area contributed by atoms with Crippen LogP contribution in [0.4, 0.5) is 0 Å². The molecule has 0 N–H and O–H groups in total. The molecule has 0 aliphatic rings. The lowest BCUT2D eigenvalue weighted by Crippen LogP contribution is -2.37. The minimum atomic E-state index is 0.289. The fourth-order valence-corrected chi connectivity index (χ4v) is 0.325. The summed E-state index contributed by atoms with van der Waals surface area (Å²) in [7, 11) is 3.25. The van der Waals surface area contributed by atoms with Gasteiger partial charge in [0, 0.05) is 13.1 Å². The van der Waals surface area contributed by atoms with E-state index in [1.165, 1.54) is 7.05 Å². The molecule has 0 aromatic heterocycles. The third-order valence-electron chi connectivity index (χ3n) is 1.19. The Balaban J connectivity index is 3.46. The lowest BCUT2D eigenvalue weighted by atomic mass is 10.4. The van der Waals surface area contributed by atoms with Gasteiger partial charge in [-0.1, -0.05) is 0 Å². The van der Waals surface area contributed by atoms with Crippen molar-refractivity contribution >= 4 is 0 Å². The number of rotatable bonds is 2. The molecule has 3 heteroatoms. The van der Waals surface area contributed by atoms with Crippen LogP contribution in [0.2, 0.25) is 0 Å². The van der Waals surface area contributed by atoms with Crippen LogP contribution in [0.3, 0.4) is 0 Å². The molecule has 0 bridgehead atoms. The molecule has 0 radical (unpaired) electrons. The van der Waals surface area contributed by atoms with Gasteiger partial charge in [-0.15, -0.1) is 0 Å². The monoisotopic (exact) mass is 117 g/mol. The Morgan fingerprint density at radius 3 is 1.62 bits per heavy atom. The van der Waals surface area contributed by atoms with Crippen molar-refractivity contribution in [2.75, 3.05) is 14.1 Å². The quantitative estimate of drug-likeness (QED) is 0.498. The van der Waals surface area contributed by atoms with E-state index >= 15 is 0 Å². The molecule has 0 saturated heterocycles. The first-order valence-electron chi connectivity index (χ1n) is 2.69. The smallest absolute Gasteiger partial charge is 0.0176 e. The van der Waals surface area contributed by atoms with Crippen molar-refractivity contribution in [2.24, 2.45) is 0 Å². The first-order chi connectivity index (χ1) is 3.55. The molecule has 0 unspecified atom stereocenters. The van der Waals surface area contributed by atoms with Crippen molar-refractivity contribution < 1.29 is 0 Å². The molecule has 0 aliphatic heterocycles. The number of hydroxylamine groups is 1. The van der Waals surface area contributed by atoms with Crippen LogP contribution < -0.4 is 0 Å². The van der Waals surface area contributed by atoms with Gasteiger partial charge in [-0.25, -0.2) is 0 Å². The maximum atomic E-state index is 10.4. The molecule has 0 spiro atoms. The van der Waals surface area contributed by atoms with E-state index in [1.807, 2.05) is 13.8 Å². The van der Waals surface area contributed by atoms with Gasteiger partial charge in [0.2, 0.25) is 0 Å². The summed E-state index contributed by atoms with van der Waals surface area (Å²) in [6, 6.07) is 0.289. The van der Waals surface area contributed by atoms with Crippen LogP contribution in [-0.4, -0.2) is 30.3 Å². The number of hydrogen-bond donors (Lipinski definition) is 0. The van der Waals surface area contributed by atoms with E-state index < -0.39 is 0 Å². The van der Waals surface area contributed by atoms with Crippen molar-refractivity contribution in [1.82, 2.24) is 10.2 Å². The highest BCUT2D eigenvalue weighted by molar-refractivity contribution is 4.51. The van der Waals surface area contributed by atoms with Gasteiger partial charge in [-0.05, 0) is 20.9 Å². The molecule has 0 aliphatic carbocycles. The first-order valence-corrected chi connectivity index (χ1v) is 2.69. The lowest BCUT2D eigenvalue weighted by molar-refractivity contribution is 0.0464. The third-order valence-corrected chi connectivity index (χ3v) is 1.19. The summed E-state index contributed by atoms with van der Waals surface area (Å²) in [5.74, 6) is 0. The molecule has 0 fully saturated rings. The number of nitrogens with zero attached hydrogens (tertiary/aromatic N) is 2. The summed E-state index contributed by atoms with van der Waals surface area (Å²) in [6.45, 7) is 3.93. The van der Waals surface area contributed by atoms with E-state index in [1.54, 1.807) is 12.1 Å². The maximum absolute atomic E-state index is 10.4. The highest BCUT2D eigenvalue weighted by atomic mass is 16.5. The number of hydrazine groups is 1. The van der Waals surface area contributed by atoms with Crippen molar-refractivity contribution in [3.8, 4) is 0 Å². The normalized spacial score (nSPS) is 12.0. The highest BCUT2D eigenvalue weighted by Crippen LogP contribution is 1.93. The summed E-state index contributed by atoms with van der Waals surface area (Å²) in [5.41, 5.74) is 0. The average Bonchev–Trinajstić information content (AvgIpc) is 1.64. The summed E-state index contributed by atoms with van der Waals surface area (Å²) in [5, 5.41) is 12.9. The van der Waals surface area contributed by atoms with Crippen LogP contribution in [0.15, 0.2) is 0 Å². The van der Waals surface area contributed by atoms with Gasteiger partial charge in [0.15, 0.2) is 0 Å². The largest absolute Gasteiger partial charge is 0.772 e. The zero-order valence-electron chi connectivity index (χ0n) is 5.88. The Kier molecular flexibility index (Phi) is 2.97. The van der Waals surface area contributed by atoms with Gasteiger partial charge in [0.25, 0.3) is 0 Å². The topological polar surface area (TPSA) is 29.5 Å². The van der Waals surface area contributed by atoms with Crippen molar-refractivity contribution in [1.29, 1.82) is 0 Å². The zero-order valence-corrected chi connectivity index (χ0v) is 5.88. The third kappa shape index (κ3) is 2.26. The summed E-state index contributed by atoms with van der Waals surface area (Å²) >= 11 is 0. The van der Waals surface area contributed by atoms with E-state index in [4.69, 9.17) is 0 Å². The van der Waals surface area contributed by atoms with Crippen molar-refractivity contribution in [3.05, 3.63) is 5.21 Å². The Morgan fingerprint density at radius 2 is 1.62 bits per heavy atom. The minimum Gasteiger partial charge on any atom is -0.772 e. The van der Waals surface area contributed by atoms with Crippen molar-refractivity contribution in [3.63, 3.8) is 0 Å². The van der Waals surface area contributed by atoms with Crippen LogP contribution in [0, 0.1) is 5.21 Å².